The van der Waals surface area contributed by atoms with E-state index in [1.807, 2.05) is 12.1 Å². The molecule has 1 aliphatic heterocycles. The van der Waals surface area contributed by atoms with E-state index >= 15 is 0 Å². The van der Waals surface area contributed by atoms with Crippen LogP contribution in [0.5, 0.6) is 0 Å². The molecular formula is C51H33N3O. The molecule has 9 aromatic carbocycles. The van der Waals surface area contributed by atoms with Gasteiger partial charge >= 0.3 is 0 Å². The van der Waals surface area contributed by atoms with E-state index in [2.05, 4.69) is 181 Å². The van der Waals surface area contributed by atoms with Crippen LogP contribution in [0.2, 0.25) is 0 Å². The van der Waals surface area contributed by atoms with Crippen molar-refractivity contribution >= 4 is 65.9 Å². The van der Waals surface area contributed by atoms with Crippen molar-refractivity contribution in [2.75, 3.05) is 0 Å². The number of fused-ring (bicyclic) bond motifs is 7. The molecule has 1 unspecified atom stereocenters. The van der Waals surface area contributed by atoms with Gasteiger partial charge in [-0.1, -0.05) is 158 Å². The van der Waals surface area contributed by atoms with Crippen molar-refractivity contribution < 1.29 is 4.42 Å². The van der Waals surface area contributed by atoms with Crippen molar-refractivity contribution in [1.29, 1.82) is 0 Å². The van der Waals surface area contributed by atoms with Gasteiger partial charge in [-0.15, -0.1) is 0 Å². The Bertz CT molecular complexity index is 3170. The van der Waals surface area contributed by atoms with E-state index in [1.54, 1.807) is 0 Å². The highest BCUT2D eigenvalue weighted by Crippen LogP contribution is 2.40. The van der Waals surface area contributed by atoms with Crippen LogP contribution in [0.25, 0.3) is 76.5 Å². The van der Waals surface area contributed by atoms with E-state index in [0.29, 0.717) is 5.84 Å². The highest BCUT2D eigenvalue weighted by molar-refractivity contribution is 6.25. The second kappa shape index (κ2) is 12.7. The maximum Gasteiger partial charge on any atom is 0.159 e. The summed E-state index contributed by atoms with van der Waals surface area (Å²) in [7, 11) is 0. The molecule has 0 aliphatic carbocycles. The van der Waals surface area contributed by atoms with Crippen LogP contribution in [0.15, 0.2) is 202 Å². The van der Waals surface area contributed by atoms with Crippen LogP contribution in [0.4, 0.5) is 0 Å². The lowest BCUT2D eigenvalue weighted by Gasteiger charge is -2.26. The SMILES string of the molecule is c1ccc(-c2ccc(-c3ccc4oc5ccccc5c4c3C3=NC(c4ccc5ccccc5c4)=NC(c4cc5ccccc5c5ccccc45)N3)cc2)cc1. The third kappa shape index (κ3) is 5.30. The summed E-state index contributed by atoms with van der Waals surface area (Å²) in [4.78, 5) is 10.9. The standard InChI is InChI=1S/C51H33N3O/c1-2-12-32(13-3-1)34-22-25-35(26-23-34)40-28-29-46-47(43-20-10-11-21-45(43)55-46)48(40)51-53-49(38-27-24-33-14-4-5-15-36(33)30-38)52-50(54-51)44-31-37-16-6-7-17-39(37)41-18-8-9-19-42(41)44/h1-31,50H,(H,52,53,54). The molecule has 1 N–H and O–H groups in total. The van der Waals surface area contributed by atoms with E-state index in [4.69, 9.17) is 14.4 Å². The summed E-state index contributed by atoms with van der Waals surface area (Å²) in [6, 6.07) is 66.4. The Morgan fingerprint density at radius 2 is 1.07 bits per heavy atom. The van der Waals surface area contributed by atoms with E-state index < -0.39 is 6.17 Å². The van der Waals surface area contributed by atoms with Crippen molar-refractivity contribution in [3.63, 3.8) is 0 Å². The minimum atomic E-state index is -0.426. The molecule has 0 amide bonds. The van der Waals surface area contributed by atoms with Crippen molar-refractivity contribution in [2.24, 2.45) is 9.98 Å². The molecule has 1 aliphatic rings. The summed E-state index contributed by atoms with van der Waals surface area (Å²) in [5.41, 5.74) is 9.20. The molecule has 2 heterocycles. The molecule has 11 rings (SSSR count). The summed E-state index contributed by atoms with van der Waals surface area (Å²) in [5.74, 6) is 1.43. The molecule has 1 atom stereocenters. The Labute approximate surface area is 317 Å². The van der Waals surface area contributed by atoms with Gasteiger partial charge in [0, 0.05) is 27.5 Å². The third-order valence-electron chi connectivity index (χ3n) is 10.9. The number of nitrogens with one attached hydrogen (secondary N) is 1. The van der Waals surface area contributed by atoms with Crippen LogP contribution < -0.4 is 5.32 Å². The van der Waals surface area contributed by atoms with Crippen LogP contribution >= 0.6 is 0 Å². The molecule has 0 radical (unpaired) electrons. The molecule has 4 heteroatoms. The molecule has 55 heavy (non-hydrogen) atoms. The van der Waals surface area contributed by atoms with Gasteiger partial charge in [0.05, 0.1) is 0 Å². The topological polar surface area (TPSA) is 49.9 Å². The predicted octanol–water partition coefficient (Wildman–Crippen LogP) is 12.9. The molecule has 0 spiro atoms. The number of amidine groups is 2. The monoisotopic (exact) mass is 703 g/mol. The molecule has 0 fully saturated rings. The van der Waals surface area contributed by atoms with E-state index in [0.717, 1.165) is 66.4 Å². The Morgan fingerprint density at radius 1 is 0.436 bits per heavy atom. The third-order valence-corrected chi connectivity index (χ3v) is 10.9. The predicted molar refractivity (Wildman–Crippen MR) is 229 cm³/mol. The molecule has 0 saturated heterocycles. The number of aliphatic imine (C=N–C) groups is 2. The van der Waals surface area contributed by atoms with Gasteiger partial charge in [-0.25, -0.2) is 9.98 Å². The van der Waals surface area contributed by atoms with Crippen LogP contribution in [0, 0.1) is 0 Å². The van der Waals surface area contributed by atoms with E-state index in [-0.39, 0.29) is 0 Å². The molecule has 10 aromatic rings. The summed E-state index contributed by atoms with van der Waals surface area (Å²) in [6.45, 7) is 0. The average Bonchev–Trinajstić information content (AvgIpc) is 3.65. The second-order valence-corrected chi connectivity index (χ2v) is 14.2. The van der Waals surface area contributed by atoms with Crippen molar-refractivity contribution in [3.05, 3.63) is 205 Å². The Balaban J connectivity index is 1.17. The Kier molecular flexibility index (Phi) is 7.20. The van der Waals surface area contributed by atoms with Gasteiger partial charge in [0.2, 0.25) is 0 Å². The largest absolute Gasteiger partial charge is 0.456 e. The van der Waals surface area contributed by atoms with Crippen LogP contribution in [0.3, 0.4) is 0 Å². The van der Waals surface area contributed by atoms with Crippen molar-refractivity contribution in [3.8, 4) is 22.3 Å². The molecule has 258 valence electrons. The van der Waals surface area contributed by atoms with Crippen LogP contribution in [-0.4, -0.2) is 11.7 Å². The first-order valence-corrected chi connectivity index (χ1v) is 18.7. The van der Waals surface area contributed by atoms with Crippen LogP contribution in [0.1, 0.15) is 22.9 Å². The number of benzene rings is 9. The fourth-order valence-corrected chi connectivity index (χ4v) is 8.28. The van der Waals surface area contributed by atoms with Gasteiger partial charge in [-0.3, -0.25) is 0 Å². The normalized spacial score (nSPS) is 14.4. The Hall–Kier alpha value is -7.30. The summed E-state index contributed by atoms with van der Waals surface area (Å²) in [6.07, 6.45) is -0.426. The van der Waals surface area contributed by atoms with Gasteiger partial charge in [-0.05, 0) is 84.9 Å². The fourth-order valence-electron chi connectivity index (χ4n) is 8.28. The summed E-state index contributed by atoms with van der Waals surface area (Å²) >= 11 is 0. The number of rotatable bonds is 5. The zero-order valence-electron chi connectivity index (χ0n) is 29.8. The maximum absolute atomic E-state index is 6.52. The van der Waals surface area contributed by atoms with Gasteiger partial charge < -0.3 is 9.73 Å². The maximum atomic E-state index is 6.52. The lowest BCUT2D eigenvalue weighted by Crippen LogP contribution is -2.34. The highest BCUT2D eigenvalue weighted by atomic mass is 16.3. The minimum Gasteiger partial charge on any atom is -0.456 e. The average molecular weight is 704 g/mol. The Morgan fingerprint density at radius 3 is 1.91 bits per heavy atom. The lowest BCUT2D eigenvalue weighted by atomic mass is 9.92. The van der Waals surface area contributed by atoms with Gasteiger partial charge in [-0.2, -0.15) is 0 Å². The zero-order valence-corrected chi connectivity index (χ0v) is 29.8. The van der Waals surface area contributed by atoms with Crippen LogP contribution in [-0.2, 0) is 0 Å². The number of nitrogens with zero attached hydrogens (tertiary/aromatic N) is 2. The van der Waals surface area contributed by atoms with Crippen molar-refractivity contribution in [1.82, 2.24) is 5.32 Å². The fraction of sp³-hybridized carbons (Fsp3) is 0.0196. The smallest absolute Gasteiger partial charge is 0.159 e. The number of hydrogen-bond acceptors (Lipinski definition) is 4. The van der Waals surface area contributed by atoms with Gasteiger partial charge in [0.25, 0.3) is 0 Å². The molecule has 0 saturated carbocycles. The quantitative estimate of drug-likeness (QED) is 0.181. The van der Waals surface area contributed by atoms with E-state index in [9.17, 15) is 0 Å². The minimum absolute atomic E-state index is 0.426. The van der Waals surface area contributed by atoms with Gasteiger partial charge in [0.15, 0.2) is 5.84 Å². The lowest BCUT2D eigenvalue weighted by molar-refractivity contribution is 0.668. The molecule has 1 aromatic heterocycles. The number of hydrogen-bond donors (Lipinski definition) is 1. The number of para-hydroxylation sites is 1. The summed E-state index contributed by atoms with van der Waals surface area (Å²) < 4.78 is 6.52. The summed E-state index contributed by atoms with van der Waals surface area (Å²) in [5, 5.41) is 13.0. The molecule has 4 nitrogen and oxygen atoms in total. The van der Waals surface area contributed by atoms with Gasteiger partial charge in [0.1, 0.15) is 23.2 Å². The van der Waals surface area contributed by atoms with Crippen molar-refractivity contribution in [2.45, 2.75) is 6.17 Å². The first-order chi connectivity index (χ1) is 27.2. The first kappa shape index (κ1) is 31.2. The number of furan rings is 1. The first-order valence-electron chi connectivity index (χ1n) is 18.7. The van der Waals surface area contributed by atoms with E-state index in [1.165, 1.54) is 32.7 Å². The molecule has 0 bridgehead atoms. The molecular weight excluding hydrogens is 671 g/mol. The highest BCUT2D eigenvalue weighted by Gasteiger charge is 2.28. The second-order valence-electron chi connectivity index (χ2n) is 14.2. The zero-order chi connectivity index (χ0) is 36.3.